The lowest BCUT2D eigenvalue weighted by Gasteiger charge is -2.11. The standard InChI is InChI=1S/C14H10ClF3O/c1-9-5-6-11(15)8-13(9)19-12-4-2-3-10(7-12)14(16,17)18/h2-8H,1H3. The highest BCUT2D eigenvalue weighted by Gasteiger charge is 2.30. The minimum absolute atomic E-state index is 0.125. The molecule has 2 aromatic carbocycles. The van der Waals surface area contributed by atoms with Gasteiger partial charge in [0, 0.05) is 5.02 Å². The SMILES string of the molecule is Cc1ccc(Cl)cc1Oc1cccc(C(F)(F)F)c1. The Morgan fingerprint density at radius 2 is 1.79 bits per heavy atom. The average Bonchev–Trinajstić information content (AvgIpc) is 2.33. The van der Waals surface area contributed by atoms with E-state index in [1.54, 1.807) is 25.1 Å². The molecule has 0 bridgehead atoms. The second-order valence-corrected chi connectivity index (χ2v) is 4.47. The molecule has 1 nitrogen and oxygen atoms in total. The maximum Gasteiger partial charge on any atom is 0.416 e. The molecule has 0 saturated carbocycles. The van der Waals surface area contributed by atoms with Gasteiger partial charge in [0.05, 0.1) is 5.56 Å². The van der Waals surface area contributed by atoms with Gasteiger partial charge in [-0.05, 0) is 42.8 Å². The smallest absolute Gasteiger partial charge is 0.416 e. The van der Waals surface area contributed by atoms with Gasteiger partial charge in [-0.25, -0.2) is 0 Å². The molecular formula is C14H10ClF3O. The average molecular weight is 287 g/mol. The van der Waals surface area contributed by atoms with E-state index in [0.29, 0.717) is 10.8 Å². The fourth-order valence-corrected chi connectivity index (χ4v) is 1.71. The van der Waals surface area contributed by atoms with Gasteiger partial charge in [-0.15, -0.1) is 0 Å². The molecule has 0 atom stereocenters. The zero-order valence-electron chi connectivity index (χ0n) is 9.96. The predicted octanol–water partition coefficient (Wildman–Crippen LogP) is 5.46. The fourth-order valence-electron chi connectivity index (χ4n) is 1.55. The van der Waals surface area contributed by atoms with Gasteiger partial charge < -0.3 is 4.74 Å². The Kier molecular flexibility index (Phi) is 3.71. The van der Waals surface area contributed by atoms with E-state index in [1.165, 1.54) is 12.1 Å². The summed E-state index contributed by atoms with van der Waals surface area (Å²) in [6.07, 6.45) is -4.39. The topological polar surface area (TPSA) is 9.23 Å². The van der Waals surface area contributed by atoms with Gasteiger partial charge in [0.2, 0.25) is 0 Å². The molecule has 0 aromatic heterocycles. The largest absolute Gasteiger partial charge is 0.457 e. The van der Waals surface area contributed by atoms with Crippen molar-refractivity contribution < 1.29 is 17.9 Å². The van der Waals surface area contributed by atoms with Crippen molar-refractivity contribution in [1.29, 1.82) is 0 Å². The van der Waals surface area contributed by atoms with Crippen molar-refractivity contribution in [2.24, 2.45) is 0 Å². The number of benzene rings is 2. The molecule has 2 aromatic rings. The summed E-state index contributed by atoms with van der Waals surface area (Å²) in [4.78, 5) is 0. The third-order valence-corrected chi connectivity index (χ3v) is 2.77. The molecule has 0 saturated heterocycles. The molecule has 0 aliphatic heterocycles. The molecule has 0 N–H and O–H groups in total. The Hall–Kier alpha value is -1.68. The molecule has 0 amide bonds. The molecule has 0 aliphatic carbocycles. The van der Waals surface area contributed by atoms with Crippen molar-refractivity contribution in [3.63, 3.8) is 0 Å². The monoisotopic (exact) mass is 286 g/mol. The number of hydrogen-bond acceptors (Lipinski definition) is 1. The van der Waals surface area contributed by atoms with Crippen LogP contribution >= 0.6 is 11.6 Å². The minimum Gasteiger partial charge on any atom is -0.457 e. The molecule has 5 heteroatoms. The summed E-state index contributed by atoms with van der Waals surface area (Å²) in [5, 5.41) is 0.465. The zero-order valence-corrected chi connectivity index (χ0v) is 10.7. The summed E-state index contributed by atoms with van der Waals surface area (Å²) < 4.78 is 43.2. The first kappa shape index (κ1) is 13.7. The van der Waals surface area contributed by atoms with E-state index in [9.17, 15) is 13.2 Å². The van der Waals surface area contributed by atoms with Gasteiger partial charge in [-0.2, -0.15) is 13.2 Å². The Balaban J connectivity index is 2.31. The van der Waals surface area contributed by atoms with Crippen LogP contribution in [0.3, 0.4) is 0 Å². The van der Waals surface area contributed by atoms with Crippen molar-refractivity contribution in [2.45, 2.75) is 13.1 Å². The number of rotatable bonds is 2. The first-order valence-electron chi connectivity index (χ1n) is 5.47. The molecule has 0 aliphatic rings. The maximum absolute atomic E-state index is 12.6. The molecule has 0 fully saturated rings. The molecule has 100 valence electrons. The number of hydrogen-bond donors (Lipinski definition) is 0. The Labute approximate surface area is 113 Å². The van der Waals surface area contributed by atoms with Gasteiger partial charge in [0.15, 0.2) is 0 Å². The maximum atomic E-state index is 12.6. The molecule has 2 rings (SSSR count). The highest BCUT2D eigenvalue weighted by Crippen LogP contribution is 2.33. The molecule has 0 spiro atoms. The second-order valence-electron chi connectivity index (χ2n) is 4.04. The molecule has 0 heterocycles. The van der Waals surface area contributed by atoms with E-state index < -0.39 is 11.7 Å². The Morgan fingerprint density at radius 3 is 2.47 bits per heavy atom. The van der Waals surface area contributed by atoms with Crippen LogP contribution in [-0.2, 0) is 6.18 Å². The molecule has 0 radical (unpaired) electrons. The summed E-state index contributed by atoms with van der Waals surface area (Å²) in [5.74, 6) is 0.562. The van der Waals surface area contributed by atoms with Crippen molar-refractivity contribution in [3.8, 4) is 11.5 Å². The Morgan fingerprint density at radius 1 is 1.05 bits per heavy atom. The first-order valence-corrected chi connectivity index (χ1v) is 5.85. The van der Waals surface area contributed by atoms with Gasteiger partial charge in [-0.3, -0.25) is 0 Å². The fraction of sp³-hybridized carbons (Fsp3) is 0.143. The van der Waals surface area contributed by atoms with Crippen LogP contribution in [-0.4, -0.2) is 0 Å². The normalized spacial score (nSPS) is 11.4. The van der Waals surface area contributed by atoms with Gasteiger partial charge >= 0.3 is 6.18 Å². The van der Waals surface area contributed by atoms with Crippen molar-refractivity contribution >= 4 is 11.6 Å². The summed E-state index contributed by atoms with van der Waals surface area (Å²) in [5.41, 5.74) is 0.0477. The van der Waals surface area contributed by atoms with Crippen LogP contribution in [0, 0.1) is 6.92 Å². The lowest BCUT2D eigenvalue weighted by Crippen LogP contribution is -2.04. The lowest BCUT2D eigenvalue weighted by atomic mass is 10.2. The third kappa shape index (κ3) is 3.41. The van der Waals surface area contributed by atoms with Gasteiger partial charge in [-0.1, -0.05) is 23.7 Å². The van der Waals surface area contributed by atoms with Crippen LogP contribution in [0.5, 0.6) is 11.5 Å². The van der Waals surface area contributed by atoms with Gasteiger partial charge in [0.1, 0.15) is 11.5 Å². The number of halogens is 4. The molecular weight excluding hydrogens is 277 g/mol. The number of ether oxygens (including phenoxy) is 1. The van der Waals surface area contributed by atoms with E-state index in [4.69, 9.17) is 16.3 Å². The summed E-state index contributed by atoms with van der Waals surface area (Å²) in [6, 6.07) is 9.73. The van der Waals surface area contributed by atoms with E-state index in [2.05, 4.69) is 0 Å². The number of alkyl halides is 3. The highest BCUT2D eigenvalue weighted by atomic mass is 35.5. The van der Waals surface area contributed by atoms with Crippen LogP contribution in [0.2, 0.25) is 5.02 Å². The van der Waals surface area contributed by atoms with Crippen LogP contribution in [0.25, 0.3) is 0 Å². The summed E-state index contributed by atoms with van der Waals surface area (Å²) in [6.45, 7) is 1.79. The van der Waals surface area contributed by atoms with Crippen molar-refractivity contribution in [1.82, 2.24) is 0 Å². The van der Waals surface area contributed by atoms with E-state index in [-0.39, 0.29) is 5.75 Å². The second kappa shape index (κ2) is 5.13. The van der Waals surface area contributed by atoms with Crippen molar-refractivity contribution in [3.05, 3.63) is 58.6 Å². The minimum atomic E-state index is -4.39. The van der Waals surface area contributed by atoms with Crippen molar-refractivity contribution in [2.75, 3.05) is 0 Å². The molecule has 0 unspecified atom stereocenters. The zero-order chi connectivity index (χ0) is 14.0. The van der Waals surface area contributed by atoms with E-state index in [1.807, 2.05) is 0 Å². The quantitative estimate of drug-likeness (QED) is 0.712. The predicted molar refractivity (Wildman–Crippen MR) is 67.7 cm³/mol. The van der Waals surface area contributed by atoms with E-state index >= 15 is 0 Å². The van der Waals surface area contributed by atoms with Gasteiger partial charge in [0.25, 0.3) is 0 Å². The van der Waals surface area contributed by atoms with E-state index in [0.717, 1.165) is 17.7 Å². The van der Waals surface area contributed by atoms with Crippen LogP contribution in [0.4, 0.5) is 13.2 Å². The first-order chi connectivity index (χ1) is 8.86. The van der Waals surface area contributed by atoms with Crippen LogP contribution < -0.4 is 4.74 Å². The Bertz CT molecular complexity index is 593. The van der Waals surface area contributed by atoms with Crippen LogP contribution in [0.15, 0.2) is 42.5 Å². The number of aryl methyl sites for hydroxylation is 1. The summed E-state index contributed by atoms with van der Waals surface area (Å²) in [7, 11) is 0. The van der Waals surface area contributed by atoms with Crippen LogP contribution in [0.1, 0.15) is 11.1 Å². The summed E-state index contributed by atoms with van der Waals surface area (Å²) >= 11 is 5.83. The lowest BCUT2D eigenvalue weighted by molar-refractivity contribution is -0.137. The third-order valence-electron chi connectivity index (χ3n) is 2.54. The highest BCUT2D eigenvalue weighted by molar-refractivity contribution is 6.30. The molecule has 19 heavy (non-hydrogen) atoms.